The van der Waals surface area contributed by atoms with Gasteiger partial charge in [-0.15, -0.1) is 24.0 Å². The molecular weight excluding hydrogens is 447 g/mol. The number of nitrogens with zero attached hydrogens (tertiary/aromatic N) is 2. The molecule has 2 N–H and O–H groups in total. The summed E-state index contributed by atoms with van der Waals surface area (Å²) in [5, 5.41) is 6.26. The monoisotopic (exact) mass is 484 g/mol. The number of likely N-dealkylation sites (tertiary alicyclic amines) is 1. The number of unbranched alkanes of at least 4 members (excludes halogenated alkanes) is 1. The predicted octanol–water partition coefficient (Wildman–Crippen LogP) is 2.99. The third-order valence-corrected chi connectivity index (χ3v) is 3.68. The van der Waals surface area contributed by atoms with Crippen LogP contribution in [0.1, 0.15) is 53.9 Å². The first-order valence-electron chi connectivity index (χ1n) is 9.46. The molecule has 1 aliphatic rings. The summed E-state index contributed by atoms with van der Waals surface area (Å²) in [5.41, 5.74) is -0.476. The zero-order chi connectivity index (χ0) is 18.7. The van der Waals surface area contributed by atoms with E-state index in [0.29, 0.717) is 13.2 Å². The van der Waals surface area contributed by atoms with Crippen molar-refractivity contribution in [3.05, 3.63) is 0 Å². The van der Waals surface area contributed by atoms with Gasteiger partial charge in [-0.1, -0.05) is 13.3 Å². The molecule has 7 nitrogen and oxygen atoms in total. The molecule has 0 radical (unpaired) electrons. The molecule has 0 saturated carbocycles. The molecule has 1 atom stereocenters. The molecule has 0 bridgehead atoms. The fraction of sp³-hybridized carbons (Fsp3) is 0.889. The number of carbonyl (C=O) groups excluding carboxylic acids is 1. The average Bonchev–Trinajstić information content (AvgIpc) is 2.95. The quantitative estimate of drug-likeness (QED) is 0.240. The van der Waals surface area contributed by atoms with E-state index in [4.69, 9.17) is 9.47 Å². The number of hydrogen-bond acceptors (Lipinski definition) is 4. The Balaban J connectivity index is 0.00000625. The maximum atomic E-state index is 11.9. The van der Waals surface area contributed by atoms with Crippen LogP contribution in [0.2, 0.25) is 0 Å². The molecule has 1 fully saturated rings. The Hall–Kier alpha value is -0.770. The number of aliphatic imine (C=N–C) groups is 1. The highest BCUT2D eigenvalue weighted by molar-refractivity contribution is 14.0. The number of ether oxygens (including phenoxy) is 2. The van der Waals surface area contributed by atoms with E-state index in [1.807, 2.05) is 20.8 Å². The Kier molecular flexibility index (Phi) is 13.0. The minimum Gasteiger partial charge on any atom is -0.444 e. The van der Waals surface area contributed by atoms with E-state index in [0.717, 1.165) is 51.5 Å². The van der Waals surface area contributed by atoms with Crippen LogP contribution >= 0.6 is 24.0 Å². The second-order valence-electron chi connectivity index (χ2n) is 7.28. The number of alkyl carbamates (subject to hydrolysis) is 1. The molecule has 1 saturated heterocycles. The fourth-order valence-corrected chi connectivity index (χ4v) is 2.54. The molecule has 8 heteroatoms. The second kappa shape index (κ2) is 13.4. The van der Waals surface area contributed by atoms with Crippen molar-refractivity contribution in [3.63, 3.8) is 0 Å². The number of amides is 1. The van der Waals surface area contributed by atoms with Crippen molar-refractivity contribution < 1.29 is 14.3 Å². The number of nitrogens with one attached hydrogen (secondary N) is 2. The predicted molar refractivity (Wildman–Crippen MR) is 116 cm³/mol. The fourth-order valence-electron chi connectivity index (χ4n) is 2.54. The first kappa shape index (κ1) is 25.2. The minimum atomic E-state index is -0.476. The Morgan fingerprint density at radius 3 is 2.62 bits per heavy atom. The van der Waals surface area contributed by atoms with E-state index in [9.17, 15) is 4.79 Å². The summed E-state index contributed by atoms with van der Waals surface area (Å²) >= 11 is 0. The lowest BCUT2D eigenvalue weighted by Crippen LogP contribution is -2.44. The van der Waals surface area contributed by atoms with Crippen LogP contribution in [0.15, 0.2) is 4.99 Å². The molecule has 0 aromatic rings. The molecule has 0 spiro atoms. The molecule has 26 heavy (non-hydrogen) atoms. The zero-order valence-electron chi connectivity index (χ0n) is 17.0. The van der Waals surface area contributed by atoms with Crippen LogP contribution in [0.3, 0.4) is 0 Å². The summed E-state index contributed by atoms with van der Waals surface area (Å²) in [5.74, 6) is 0.884. The number of halogens is 1. The largest absolute Gasteiger partial charge is 0.444 e. The van der Waals surface area contributed by atoms with Gasteiger partial charge in [0, 0.05) is 26.2 Å². The number of hydrogen-bond donors (Lipinski definition) is 2. The minimum absolute atomic E-state index is 0. The van der Waals surface area contributed by atoms with Gasteiger partial charge in [-0.25, -0.2) is 4.79 Å². The van der Waals surface area contributed by atoms with Crippen LogP contribution in [-0.2, 0) is 9.47 Å². The van der Waals surface area contributed by atoms with E-state index in [1.165, 1.54) is 0 Å². The Labute approximate surface area is 175 Å². The number of guanidine groups is 1. The standard InChI is InChI=1S/C18H36N4O3.HI/c1-6-8-12-24-13-10-20-16(19-7-2)22-11-9-15(14-22)21-17(23)25-18(3,4)5;/h15H,6-14H2,1-5H3,(H,19,20)(H,21,23);1H. The topological polar surface area (TPSA) is 75.2 Å². The first-order chi connectivity index (χ1) is 11.9. The van der Waals surface area contributed by atoms with Gasteiger partial charge in [0.1, 0.15) is 5.60 Å². The highest BCUT2D eigenvalue weighted by Gasteiger charge is 2.27. The van der Waals surface area contributed by atoms with E-state index in [1.54, 1.807) is 0 Å². The van der Waals surface area contributed by atoms with E-state index < -0.39 is 5.60 Å². The summed E-state index contributed by atoms with van der Waals surface area (Å²) in [7, 11) is 0. The molecule has 154 valence electrons. The smallest absolute Gasteiger partial charge is 0.407 e. The van der Waals surface area contributed by atoms with Gasteiger partial charge < -0.3 is 25.0 Å². The summed E-state index contributed by atoms with van der Waals surface area (Å²) in [6, 6.07) is 0.0829. The van der Waals surface area contributed by atoms with Crippen LogP contribution in [0.5, 0.6) is 0 Å². The van der Waals surface area contributed by atoms with Crippen molar-refractivity contribution in [2.24, 2.45) is 4.99 Å². The highest BCUT2D eigenvalue weighted by atomic mass is 127. The van der Waals surface area contributed by atoms with Gasteiger partial charge in [0.15, 0.2) is 5.96 Å². The summed E-state index contributed by atoms with van der Waals surface area (Å²) in [6.07, 6.45) is 2.77. The lowest BCUT2D eigenvalue weighted by molar-refractivity contribution is 0.0507. The molecular formula is C18H37IN4O3. The third-order valence-electron chi connectivity index (χ3n) is 3.68. The van der Waals surface area contributed by atoms with Crippen molar-refractivity contribution in [2.75, 3.05) is 39.4 Å². The Morgan fingerprint density at radius 2 is 2.00 bits per heavy atom. The molecule has 0 aromatic heterocycles. The van der Waals surface area contributed by atoms with Crippen molar-refractivity contribution in [1.29, 1.82) is 0 Å². The maximum absolute atomic E-state index is 11.9. The van der Waals surface area contributed by atoms with Gasteiger partial charge >= 0.3 is 6.09 Å². The molecule has 1 rings (SSSR count). The normalized spacial score (nSPS) is 17.7. The summed E-state index contributed by atoms with van der Waals surface area (Å²) in [4.78, 5) is 18.7. The van der Waals surface area contributed by atoms with E-state index >= 15 is 0 Å². The van der Waals surface area contributed by atoms with Crippen LogP contribution in [0.25, 0.3) is 0 Å². The molecule has 1 heterocycles. The number of rotatable bonds is 8. The van der Waals surface area contributed by atoms with Crippen LogP contribution < -0.4 is 10.6 Å². The van der Waals surface area contributed by atoms with Gasteiger partial charge in [0.2, 0.25) is 0 Å². The van der Waals surface area contributed by atoms with Gasteiger partial charge in [-0.2, -0.15) is 0 Å². The van der Waals surface area contributed by atoms with Crippen molar-refractivity contribution in [1.82, 2.24) is 15.5 Å². The van der Waals surface area contributed by atoms with Crippen molar-refractivity contribution in [2.45, 2.75) is 65.5 Å². The maximum Gasteiger partial charge on any atom is 0.407 e. The average molecular weight is 484 g/mol. The molecule has 0 aromatic carbocycles. The van der Waals surface area contributed by atoms with E-state index in [-0.39, 0.29) is 36.1 Å². The molecule has 1 aliphatic heterocycles. The van der Waals surface area contributed by atoms with Gasteiger partial charge in [-0.05, 0) is 40.5 Å². The zero-order valence-corrected chi connectivity index (χ0v) is 19.3. The molecule has 0 aliphatic carbocycles. The Bertz CT molecular complexity index is 427. The third kappa shape index (κ3) is 11.1. The molecule has 1 unspecified atom stereocenters. The lowest BCUT2D eigenvalue weighted by Gasteiger charge is -2.23. The lowest BCUT2D eigenvalue weighted by atomic mass is 10.2. The Morgan fingerprint density at radius 1 is 1.27 bits per heavy atom. The molecule has 1 amide bonds. The highest BCUT2D eigenvalue weighted by Crippen LogP contribution is 2.12. The van der Waals surface area contributed by atoms with Gasteiger partial charge in [-0.3, -0.25) is 4.99 Å². The van der Waals surface area contributed by atoms with Crippen LogP contribution in [-0.4, -0.2) is 68.0 Å². The SMILES string of the molecule is CCCCOCCN=C(NCC)N1CCC(NC(=O)OC(C)(C)C)C1.I. The van der Waals surface area contributed by atoms with Crippen LogP contribution in [0.4, 0.5) is 4.79 Å². The van der Waals surface area contributed by atoms with E-state index in [2.05, 4.69) is 34.4 Å². The van der Waals surface area contributed by atoms with Crippen LogP contribution in [0, 0.1) is 0 Å². The summed E-state index contributed by atoms with van der Waals surface area (Å²) in [6.45, 7) is 14.3. The van der Waals surface area contributed by atoms with Crippen molar-refractivity contribution >= 4 is 36.0 Å². The number of carbonyl (C=O) groups is 1. The van der Waals surface area contributed by atoms with Gasteiger partial charge in [0.25, 0.3) is 0 Å². The second-order valence-corrected chi connectivity index (χ2v) is 7.28. The summed E-state index contributed by atoms with van der Waals surface area (Å²) < 4.78 is 10.9. The van der Waals surface area contributed by atoms with Gasteiger partial charge in [0.05, 0.1) is 19.2 Å². The van der Waals surface area contributed by atoms with Crippen molar-refractivity contribution in [3.8, 4) is 0 Å². The first-order valence-corrected chi connectivity index (χ1v) is 9.46.